The Bertz CT molecular complexity index is 1150. The maximum Gasteiger partial charge on any atom is 0.342 e. The Hall–Kier alpha value is -3.39. The highest BCUT2D eigenvalue weighted by atomic mass is 32.2. The number of carbonyl (C=O) groups excluding carboxylic acids is 2. The van der Waals surface area contributed by atoms with E-state index in [9.17, 15) is 23.1 Å². The summed E-state index contributed by atoms with van der Waals surface area (Å²) in [5, 5.41) is 11.6. The van der Waals surface area contributed by atoms with Crippen molar-refractivity contribution in [1.82, 2.24) is 0 Å². The highest BCUT2D eigenvalue weighted by Crippen LogP contribution is 2.25. The van der Waals surface area contributed by atoms with Gasteiger partial charge in [0.1, 0.15) is 11.3 Å². The predicted molar refractivity (Wildman–Crippen MR) is 105 cm³/mol. The number of esters is 1. The number of Topliss-reactive ketones (excluding diaryl/α,β-unsaturated/α-hetero) is 1. The molecule has 3 aromatic rings. The maximum atomic E-state index is 12.2. The Morgan fingerprint density at radius 2 is 1.61 bits per heavy atom. The highest BCUT2D eigenvalue weighted by molar-refractivity contribution is 7.92. The second-order valence-corrected chi connectivity index (χ2v) is 7.92. The molecule has 0 aromatic heterocycles. The van der Waals surface area contributed by atoms with Crippen LogP contribution in [0.25, 0.3) is 10.8 Å². The summed E-state index contributed by atoms with van der Waals surface area (Å²) in [6.45, 7) is -0.510. The lowest BCUT2D eigenvalue weighted by atomic mass is 10.1. The molecular formula is C20H17NO6S. The number of fused-ring (bicyclic) bond motifs is 1. The minimum Gasteiger partial charge on any atom is -0.507 e. The van der Waals surface area contributed by atoms with E-state index in [1.165, 1.54) is 36.4 Å². The zero-order valence-electron chi connectivity index (χ0n) is 14.9. The Labute approximate surface area is 161 Å². The van der Waals surface area contributed by atoms with E-state index in [2.05, 4.69) is 4.72 Å². The van der Waals surface area contributed by atoms with Gasteiger partial charge in [0, 0.05) is 11.3 Å². The number of hydrogen-bond donors (Lipinski definition) is 2. The van der Waals surface area contributed by atoms with Crippen LogP contribution in [0.5, 0.6) is 5.75 Å². The van der Waals surface area contributed by atoms with Gasteiger partial charge in [-0.1, -0.05) is 24.3 Å². The summed E-state index contributed by atoms with van der Waals surface area (Å²) >= 11 is 0. The van der Waals surface area contributed by atoms with Crippen molar-refractivity contribution in [3.8, 4) is 5.75 Å². The van der Waals surface area contributed by atoms with Crippen molar-refractivity contribution < 1.29 is 27.9 Å². The second kappa shape index (κ2) is 7.69. The van der Waals surface area contributed by atoms with E-state index < -0.39 is 28.4 Å². The SMILES string of the molecule is CS(=O)(=O)Nc1ccc(C(=O)COC(=O)c2cc3ccccc3cc2O)cc1. The summed E-state index contributed by atoms with van der Waals surface area (Å²) in [6, 6.07) is 15.9. The van der Waals surface area contributed by atoms with Crippen LogP contribution >= 0.6 is 0 Å². The van der Waals surface area contributed by atoms with Crippen molar-refractivity contribution in [2.75, 3.05) is 17.6 Å². The van der Waals surface area contributed by atoms with Crippen molar-refractivity contribution >= 4 is 38.2 Å². The van der Waals surface area contributed by atoms with E-state index in [4.69, 9.17) is 4.74 Å². The topological polar surface area (TPSA) is 110 Å². The van der Waals surface area contributed by atoms with Gasteiger partial charge in [-0.15, -0.1) is 0 Å². The van der Waals surface area contributed by atoms with Crippen LogP contribution < -0.4 is 4.72 Å². The number of sulfonamides is 1. The fraction of sp³-hybridized carbons (Fsp3) is 0.100. The van der Waals surface area contributed by atoms with Crippen molar-refractivity contribution in [2.45, 2.75) is 0 Å². The number of benzene rings is 3. The van der Waals surface area contributed by atoms with Gasteiger partial charge < -0.3 is 9.84 Å². The van der Waals surface area contributed by atoms with Gasteiger partial charge in [-0.2, -0.15) is 0 Å². The molecule has 28 heavy (non-hydrogen) atoms. The van der Waals surface area contributed by atoms with Crippen LogP contribution in [-0.2, 0) is 14.8 Å². The average molecular weight is 399 g/mol. The summed E-state index contributed by atoms with van der Waals surface area (Å²) in [4.78, 5) is 24.4. The third-order valence-electron chi connectivity index (χ3n) is 3.93. The molecule has 0 saturated carbocycles. The van der Waals surface area contributed by atoms with E-state index in [1.807, 2.05) is 6.07 Å². The van der Waals surface area contributed by atoms with Crippen molar-refractivity contribution in [2.24, 2.45) is 0 Å². The first-order chi connectivity index (χ1) is 13.2. The first-order valence-electron chi connectivity index (χ1n) is 8.23. The molecule has 7 nitrogen and oxygen atoms in total. The molecule has 0 aliphatic rings. The third-order valence-corrected chi connectivity index (χ3v) is 4.53. The molecule has 0 saturated heterocycles. The van der Waals surface area contributed by atoms with Crippen molar-refractivity contribution in [3.63, 3.8) is 0 Å². The number of ether oxygens (including phenoxy) is 1. The Morgan fingerprint density at radius 1 is 1.00 bits per heavy atom. The van der Waals surface area contributed by atoms with Crippen LogP contribution in [0.1, 0.15) is 20.7 Å². The molecule has 0 amide bonds. The van der Waals surface area contributed by atoms with Gasteiger partial charge in [-0.25, -0.2) is 13.2 Å². The number of hydrogen-bond acceptors (Lipinski definition) is 6. The Morgan fingerprint density at radius 3 is 2.21 bits per heavy atom. The number of phenols is 1. The minimum absolute atomic E-state index is 0.0285. The number of ketones is 1. The quantitative estimate of drug-likeness (QED) is 0.487. The summed E-state index contributed by atoms with van der Waals surface area (Å²) < 4.78 is 29.7. The van der Waals surface area contributed by atoms with Gasteiger partial charge in [0.25, 0.3) is 0 Å². The van der Waals surface area contributed by atoms with Crippen LogP contribution in [0.2, 0.25) is 0 Å². The van der Waals surface area contributed by atoms with Gasteiger partial charge in [-0.05, 0) is 47.2 Å². The molecule has 8 heteroatoms. The number of rotatable bonds is 6. The van der Waals surface area contributed by atoms with Crippen molar-refractivity contribution in [3.05, 3.63) is 71.8 Å². The summed E-state index contributed by atoms with van der Waals surface area (Å²) in [5.41, 5.74) is 0.547. The lowest BCUT2D eigenvalue weighted by molar-refractivity contribution is 0.0472. The Balaban J connectivity index is 1.67. The molecule has 3 rings (SSSR count). The standard InChI is InChI=1S/C20H17NO6S/c1-28(25,26)21-16-8-6-13(7-9-16)19(23)12-27-20(24)17-10-14-4-2-3-5-15(14)11-18(17)22/h2-11,21-22H,12H2,1H3. The smallest absolute Gasteiger partial charge is 0.342 e. The third kappa shape index (κ3) is 4.66. The second-order valence-electron chi connectivity index (χ2n) is 6.17. The molecule has 0 fully saturated rings. The molecule has 0 radical (unpaired) electrons. The normalized spacial score (nSPS) is 11.2. The predicted octanol–water partition coefficient (Wildman–Crippen LogP) is 2.96. The number of nitrogens with one attached hydrogen (secondary N) is 1. The monoisotopic (exact) mass is 399 g/mol. The number of anilines is 1. The van der Waals surface area contributed by atoms with E-state index in [0.29, 0.717) is 5.69 Å². The molecule has 0 heterocycles. The number of phenolic OH excluding ortho intramolecular Hbond substituents is 1. The molecule has 0 bridgehead atoms. The number of aromatic hydroxyl groups is 1. The van der Waals surface area contributed by atoms with Gasteiger partial charge in [0.15, 0.2) is 12.4 Å². The first kappa shape index (κ1) is 19.4. The number of carbonyl (C=O) groups is 2. The summed E-state index contributed by atoms with van der Waals surface area (Å²) in [6.07, 6.45) is 1.02. The summed E-state index contributed by atoms with van der Waals surface area (Å²) in [5.74, 6) is -1.50. The lowest BCUT2D eigenvalue weighted by Gasteiger charge is -2.08. The van der Waals surface area contributed by atoms with Crippen LogP contribution in [0.3, 0.4) is 0 Å². The molecule has 0 unspecified atom stereocenters. The molecule has 0 atom stereocenters. The van der Waals surface area contributed by atoms with Gasteiger partial charge in [0.2, 0.25) is 10.0 Å². The van der Waals surface area contributed by atoms with Gasteiger partial charge in [0.05, 0.1) is 6.26 Å². The molecule has 0 aliphatic heterocycles. The van der Waals surface area contributed by atoms with Crippen LogP contribution in [-0.4, -0.2) is 38.1 Å². The van der Waals surface area contributed by atoms with E-state index in [0.717, 1.165) is 17.0 Å². The molecule has 0 aliphatic carbocycles. The molecule has 2 N–H and O–H groups in total. The van der Waals surface area contributed by atoms with Crippen LogP contribution in [0.4, 0.5) is 5.69 Å². The maximum absolute atomic E-state index is 12.2. The molecular weight excluding hydrogens is 382 g/mol. The highest BCUT2D eigenvalue weighted by Gasteiger charge is 2.16. The van der Waals surface area contributed by atoms with Crippen LogP contribution in [0, 0.1) is 0 Å². The largest absolute Gasteiger partial charge is 0.507 e. The van der Waals surface area contributed by atoms with Gasteiger partial charge >= 0.3 is 5.97 Å². The molecule has 0 spiro atoms. The zero-order valence-corrected chi connectivity index (χ0v) is 15.7. The molecule has 3 aromatic carbocycles. The zero-order chi connectivity index (χ0) is 20.3. The van der Waals surface area contributed by atoms with E-state index >= 15 is 0 Å². The van der Waals surface area contributed by atoms with E-state index in [1.54, 1.807) is 18.2 Å². The fourth-order valence-electron chi connectivity index (χ4n) is 2.62. The first-order valence-corrected chi connectivity index (χ1v) is 10.1. The molecule has 144 valence electrons. The fourth-order valence-corrected chi connectivity index (χ4v) is 3.19. The minimum atomic E-state index is -3.41. The van der Waals surface area contributed by atoms with Crippen molar-refractivity contribution in [1.29, 1.82) is 0 Å². The van der Waals surface area contributed by atoms with E-state index in [-0.39, 0.29) is 16.9 Å². The average Bonchev–Trinajstić information content (AvgIpc) is 2.64. The summed E-state index contributed by atoms with van der Waals surface area (Å²) in [7, 11) is -3.41. The van der Waals surface area contributed by atoms with Crippen LogP contribution in [0.15, 0.2) is 60.7 Å². The lowest BCUT2D eigenvalue weighted by Crippen LogP contribution is -2.15. The Kier molecular flexibility index (Phi) is 5.32. The van der Waals surface area contributed by atoms with Gasteiger partial charge in [-0.3, -0.25) is 9.52 Å².